The molecule has 2 aromatic rings. The van der Waals surface area contributed by atoms with E-state index in [1.807, 2.05) is 0 Å². The molecule has 0 fully saturated rings. The highest BCUT2D eigenvalue weighted by atomic mass is 35.5. The van der Waals surface area contributed by atoms with Crippen LogP contribution in [-0.4, -0.2) is 14.8 Å². The predicted octanol–water partition coefficient (Wildman–Crippen LogP) is 3.95. The highest BCUT2D eigenvalue weighted by Crippen LogP contribution is 2.26. The average molecular weight is 300 g/mol. The smallest absolute Gasteiger partial charge is 0.191 e. The molecule has 0 saturated carbocycles. The monoisotopic (exact) mass is 299 g/mol. The van der Waals surface area contributed by atoms with Crippen LogP contribution in [0.2, 0.25) is 5.02 Å². The summed E-state index contributed by atoms with van der Waals surface area (Å²) in [6, 6.07) is 4.46. The Labute approximate surface area is 121 Å². The topological polar surface area (TPSA) is 30.7 Å². The average Bonchev–Trinajstić information content (AvgIpc) is 2.79. The van der Waals surface area contributed by atoms with Gasteiger partial charge in [0.05, 0.1) is 0 Å². The lowest BCUT2D eigenvalue weighted by Crippen LogP contribution is -2.02. The van der Waals surface area contributed by atoms with Crippen molar-refractivity contribution in [2.75, 3.05) is 0 Å². The lowest BCUT2D eigenvalue weighted by molar-refractivity contribution is 0.627. The van der Waals surface area contributed by atoms with Crippen LogP contribution in [-0.2, 0) is 18.7 Å². The Balaban J connectivity index is 2.12. The summed E-state index contributed by atoms with van der Waals surface area (Å²) in [5, 5.41) is 9.66. The van der Waals surface area contributed by atoms with Crippen LogP contribution in [0.15, 0.2) is 23.4 Å². The number of benzene rings is 1. The van der Waals surface area contributed by atoms with Crippen LogP contribution >= 0.6 is 23.4 Å². The minimum Gasteiger partial charge on any atom is -0.306 e. The summed E-state index contributed by atoms with van der Waals surface area (Å²) in [6.07, 6.45) is 0.860. The summed E-state index contributed by atoms with van der Waals surface area (Å²) < 4.78 is 15.0. The van der Waals surface area contributed by atoms with Crippen LogP contribution in [0, 0.1) is 5.82 Å². The van der Waals surface area contributed by atoms with E-state index < -0.39 is 0 Å². The third-order valence-corrected chi connectivity index (χ3v) is 4.17. The number of thioether (sulfide) groups is 1. The maximum absolute atomic E-state index is 13.0. The van der Waals surface area contributed by atoms with Crippen molar-refractivity contribution in [1.29, 1.82) is 0 Å². The number of aromatic nitrogens is 3. The third kappa shape index (κ3) is 3.28. The highest BCUT2D eigenvalue weighted by molar-refractivity contribution is 7.98. The van der Waals surface area contributed by atoms with Crippen LogP contribution in [0.1, 0.15) is 25.2 Å². The summed E-state index contributed by atoms with van der Waals surface area (Å²) >= 11 is 7.57. The van der Waals surface area contributed by atoms with Crippen molar-refractivity contribution < 1.29 is 4.39 Å². The first-order valence-electron chi connectivity index (χ1n) is 6.14. The predicted molar refractivity (Wildman–Crippen MR) is 76.0 cm³/mol. The molecule has 0 amide bonds. The summed E-state index contributed by atoms with van der Waals surface area (Å²) in [5.41, 5.74) is 0.900. The van der Waals surface area contributed by atoms with Crippen LogP contribution in [0.3, 0.4) is 0 Å². The van der Waals surface area contributed by atoms with Gasteiger partial charge in [-0.25, -0.2) is 4.39 Å². The van der Waals surface area contributed by atoms with Gasteiger partial charge in [0, 0.05) is 23.7 Å². The fraction of sp³-hybridized carbons (Fsp3) is 0.385. The number of nitrogens with zero attached hydrogens (tertiary/aromatic N) is 3. The second kappa shape index (κ2) is 6.39. The van der Waals surface area contributed by atoms with Gasteiger partial charge in [-0.05, 0) is 24.6 Å². The molecule has 6 heteroatoms. The Bertz CT molecular complexity index is 571. The van der Waals surface area contributed by atoms with E-state index in [2.05, 4.69) is 28.6 Å². The zero-order valence-corrected chi connectivity index (χ0v) is 12.4. The largest absolute Gasteiger partial charge is 0.306 e. The molecular weight excluding hydrogens is 285 g/mol. The van der Waals surface area contributed by atoms with Crippen LogP contribution in [0.5, 0.6) is 0 Å². The van der Waals surface area contributed by atoms with E-state index in [-0.39, 0.29) is 5.82 Å². The van der Waals surface area contributed by atoms with Crippen molar-refractivity contribution >= 4 is 23.4 Å². The minimum atomic E-state index is -0.316. The molecule has 0 aliphatic heterocycles. The molecule has 3 nitrogen and oxygen atoms in total. The van der Waals surface area contributed by atoms with Gasteiger partial charge in [0.15, 0.2) is 5.16 Å². The van der Waals surface area contributed by atoms with Crippen molar-refractivity contribution in [1.82, 2.24) is 14.8 Å². The van der Waals surface area contributed by atoms with Gasteiger partial charge < -0.3 is 4.57 Å². The van der Waals surface area contributed by atoms with E-state index in [0.717, 1.165) is 29.5 Å². The molecule has 19 heavy (non-hydrogen) atoms. The van der Waals surface area contributed by atoms with Gasteiger partial charge in [-0.1, -0.05) is 36.4 Å². The van der Waals surface area contributed by atoms with Gasteiger partial charge in [0.2, 0.25) is 0 Å². The molecule has 102 valence electrons. The number of rotatable bonds is 5. The number of halogens is 2. The van der Waals surface area contributed by atoms with E-state index in [4.69, 9.17) is 11.6 Å². The zero-order valence-electron chi connectivity index (χ0n) is 10.9. The van der Waals surface area contributed by atoms with Crippen LogP contribution in [0.4, 0.5) is 4.39 Å². The number of aryl methyl sites for hydroxylation is 1. The van der Waals surface area contributed by atoms with Crippen molar-refractivity contribution in [3.8, 4) is 0 Å². The molecule has 0 aliphatic rings. The van der Waals surface area contributed by atoms with E-state index in [1.54, 1.807) is 17.8 Å². The Morgan fingerprint density at radius 2 is 2.11 bits per heavy atom. The van der Waals surface area contributed by atoms with E-state index in [0.29, 0.717) is 10.8 Å². The summed E-state index contributed by atoms with van der Waals surface area (Å²) in [5.74, 6) is 1.32. The van der Waals surface area contributed by atoms with Gasteiger partial charge in [-0.15, -0.1) is 10.2 Å². The SMILES string of the molecule is CCc1nnc(SCc2ccc(F)cc2Cl)n1CC. The molecule has 0 N–H and O–H groups in total. The molecular formula is C13H15ClFN3S. The molecule has 0 saturated heterocycles. The Hall–Kier alpha value is -1.07. The first kappa shape index (κ1) is 14.3. The molecule has 0 atom stereocenters. The molecule has 1 heterocycles. The zero-order chi connectivity index (χ0) is 13.8. The number of hydrogen-bond donors (Lipinski definition) is 0. The third-order valence-electron chi connectivity index (χ3n) is 2.80. The second-order valence-electron chi connectivity index (χ2n) is 4.02. The lowest BCUT2D eigenvalue weighted by Gasteiger charge is -2.07. The van der Waals surface area contributed by atoms with E-state index >= 15 is 0 Å². The molecule has 1 aromatic carbocycles. The number of hydrogen-bond acceptors (Lipinski definition) is 3. The quantitative estimate of drug-likeness (QED) is 0.783. The molecule has 0 spiro atoms. The van der Waals surface area contributed by atoms with Gasteiger partial charge in [-0.2, -0.15) is 0 Å². The van der Waals surface area contributed by atoms with E-state index in [9.17, 15) is 4.39 Å². The normalized spacial score (nSPS) is 10.9. The summed E-state index contributed by atoms with van der Waals surface area (Å²) in [4.78, 5) is 0. The van der Waals surface area contributed by atoms with Crippen LogP contribution < -0.4 is 0 Å². The first-order chi connectivity index (χ1) is 9.15. The molecule has 0 radical (unpaired) electrons. The summed E-state index contributed by atoms with van der Waals surface area (Å²) in [7, 11) is 0. The Morgan fingerprint density at radius 3 is 2.74 bits per heavy atom. The lowest BCUT2D eigenvalue weighted by atomic mass is 10.2. The van der Waals surface area contributed by atoms with Crippen molar-refractivity contribution in [2.24, 2.45) is 0 Å². The van der Waals surface area contributed by atoms with Crippen LogP contribution in [0.25, 0.3) is 0 Å². The van der Waals surface area contributed by atoms with Crippen molar-refractivity contribution in [3.05, 3.63) is 40.4 Å². The van der Waals surface area contributed by atoms with Gasteiger partial charge in [0.1, 0.15) is 11.6 Å². The summed E-state index contributed by atoms with van der Waals surface area (Å²) in [6.45, 7) is 4.97. The van der Waals surface area contributed by atoms with Gasteiger partial charge in [-0.3, -0.25) is 0 Å². The Morgan fingerprint density at radius 1 is 1.32 bits per heavy atom. The van der Waals surface area contributed by atoms with Gasteiger partial charge >= 0.3 is 0 Å². The second-order valence-corrected chi connectivity index (χ2v) is 5.37. The fourth-order valence-corrected chi connectivity index (χ4v) is 3.12. The molecule has 0 aliphatic carbocycles. The van der Waals surface area contributed by atoms with Gasteiger partial charge in [0.25, 0.3) is 0 Å². The van der Waals surface area contributed by atoms with Crippen molar-refractivity contribution in [2.45, 2.75) is 37.7 Å². The maximum atomic E-state index is 13.0. The fourth-order valence-electron chi connectivity index (χ4n) is 1.79. The first-order valence-corrected chi connectivity index (χ1v) is 7.50. The molecule has 1 aromatic heterocycles. The Kier molecular flexibility index (Phi) is 4.82. The maximum Gasteiger partial charge on any atom is 0.191 e. The standard InChI is InChI=1S/C13H15ClFN3S/c1-3-12-16-17-13(18(12)4-2)19-8-9-5-6-10(15)7-11(9)14/h5-7H,3-4,8H2,1-2H3. The van der Waals surface area contributed by atoms with Crippen molar-refractivity contribution in [3.63, 3.8) is 0 Å². The van der Waals surface area contributed by atoms with E-state index in [1.165, 1.54) is 12.1 Å². The highest BCUT2D eigenvalue weighted by Gasteiger charge is 2.11. The minimum absolute atomic E-state index is 0.316. The molecule has 2 rings (SSSR count). The molecule has 0 bridgehead atoms. The molecule has 0 unspecified atom stereocenters.